The first-order chi connectivity index (χ1) is 9.13. The highest BCUT2D eigenvalue weighted by Gasteiger charge is 1.99. The second-order valence-electron chi connectivity index (χ2n) is 3.72. The number of hydrogen-bond donors (Lipinski definition) is 1. The van der Waals surface area contributed by atoms with Crippen molar-refractivity contribution in [2.45, 2.75) is 0 Å². The van der Waals surface area contributed by atoms with Crippen LogP contribution in [0.2, 0.25) is 5.15 Å². The van der Waals surface area contributed by atoms with Crippen molar-refractivity contribution in [2.75, 3.05) is 5.32 Å². The van der Waals surface area contributed by atoms with E-state index in [4.69, 9.17) is 11.6 Å². The molecular weight excluding hydrogens is 267 g/mol. The fourth-order valence-electron chi connectivity index (χ4n) is 1.43. The topological polar surface area (TPSA) is 42.0 Å². The first-order valence-electron chi connectivity index (χ1n) is 5.51. The third-order valence-electron chi connectivity index (χ3n) is 2.24. The van der Waals surface area contributed by atoms with E-state index in [9.17, 15) is 9.18 Å². The van der Waals surface area contributed by atoms with Gasteiger partial charge in [0.2, 0.25) is 5.91 Å². The molecule has 0 radical (unpaired) electrons. The zero-order chi connectivity index (χ0) is 13.7. The SMILES string of the molecule is O=C(/C=C/c1cccc(F)c1)Nc1cccc(Cl)n1. The van der Waals surface area contributed by atoms with Crippen LogP contribution in [0.3, 0.4) is 0 Å². The van der Waals surface area contributed by atoms with E-state index in [0.29, 0.717) is 16.5 Å². The maximum Gasteiger partial charge on any atom is 0.249 e. The molecule has 0 spiro atoms. The van der Waals surface area contributed by atoms with E-state index in [1.807, 2.05) is 0 Å². The molecule has 1 aromatic carbocycles. The highest BCUT2D eigenvalue weighted by molar-refractivity contribution is 6.29. The molecule has 19 heavy (non-hydrogen) atoms. The Morgan fingerprint density at radius 1 is 1.26 bits per heavy atom. The molecule has 96 valence electrons. The molecule has 2 aromatic rings. The molecule has 1 heterocycles. The third kappa shape index (κ3) is 4.19. The van der Waals surface area contributed by atoms with Crippen LogP contribution in [0.5, 0.6) is 0 Å². The minimum Gasteiger partial charge on any atom is -0.307 e. The molecule has 0 fully saturated rings. The maximum atomic E-state index is 12.9. The van der Waals surface area contributed by atoms with Crippen molar-refractivity contribution in [1.82, 2.24) is 4.98 Å². The van der Waals surface area contributed by atoms with E-state index < -0.39 is 0 Å². The standard InChI is InChI=1S/C14H10ClFN2O/c15-12-5-2-6-13(17-12)18-14(19)8-7-10-3-1-4-11(16)9-10/h1-9H,(H,17,18,19)/b8-7+. The molecule has 1 aromatic heterocycles. The van der Waals surface area contributed by atoms with Crippen molar-refractivity contribution in [3.8, 4) is 0 Å². The molecule has 0 aliphatic carbocycles. The van der Waals surface area contributed by atoms with Gasteiger partial charge in [0.25, 0.3) is 0 Å². The Morgan fingerprint density at radius 2 is 2.05 bits per heavy atom. The number of pyridine rings is 1. The number of nitrogens with one attached hydrogen (secondary N) is 1. The summed E-state index contributed by atoms with van der Waals surface area (Å²) in [5, 5.41) is 2.85. The van der Waals surface area contributed by atoms with Gasteiger partial charge >= 0.3 is 0 Å². The van der Waals surface area contributed by atoms with Gasteiger partial charge in [0, 0.05) is 6.08 Å². The lowest BCUT2D eigenvalue weighted by molar-refractivity contribution is -0.111. The predicted octanol–water partition coefficient (Wildman–Crippen LogP) is 3.53. The van der Waals surface area contributed by atoms with Gasteiger partial charge in [-0.1, -0.05) is 29.8 Å². The van der Waals surface area contributed by atoms with E-state index in [2.05, 4.69) is 10.3 Å². The summed E-state index contributed by atoms with van der Waals surface area (Å²) in [6, 6.07) is 10.9. The van der Waals surface area contributed by atoms with Crippen molar-refractivity contribution in [3.05, 3.63) is 65.1 Å². The fraction of sp³-hybridized carbons (Fsp3) is 0. The lowest BCUT2D eigenvalue weighted by Gasteiger charge is -2.00. The van der Waals surface area contributed by atoms with Gasteiger partial charge in [-0.2, -0.15) is 0 Å². The van der Waals surface area contributed by atoms with Crippen LogP contribution in [0.1, 0.15) is 5.56 Å². The summed E-state index contributed by atoms with van der Waals surface area (Å²) in [5.74, 6) is -0.348. The Labute approximate surface area is 114 Å². The first-order valence-corrected chi connectivity index (χ1v) is 5.88. The summed E-state index contributed by atoms with van der Waals surface area (Å²) in [6.07, 6.45) is 2.82. The number of nitrogens with zero attached hydrogens (tertiary/aromatic N) is 1. The van der Waals surface area contributed by atoms with Crippen LogP contribution >= 0.6 is 11.6 Å². The summed E-state index contributed by atoms with van der Waals surface area (Å²) in [7, 11) is 0. The van der Waals surface area contributed by atoms with Crippen molar-refractivity contribution in [3.63, 3.8) is 0 Å². The number of halogens is 2. The third-order valence-corrected chi connectivity index (χ3v) is 2.45. The first kappa shape index (κ1) is 13.2. The summed E-state index contributed by atoms with van der Waals surface area (Å²) in [6.45, 7) is 0. The van der Waals surface area contributed by atoms with Gasteiger partial charge in [-0.05, 0) is 35.9 Å². The van der Waals surface area contributed by atoms with Gasteiger partial charge in [0.05, 0.1) is 0 Å². The lowest BCUT2D eigenvalue weighted by Crippen LogP contribution is -2.08. The Balaban J connectivity index is 2.01. The van der Waals surface area contributed by atoms with Crippen molar-refractivity contribution >= 4 is 29.4 Å². The molecule has 0 aliphatic heterocycles. The quantitative estimate of drug-likeness (QED) is 0.688. The van der Waals surface area contributed by atoms with E-state index in [1.165, 1.54) is 24.3 Å². The molecule has 5 heteroatoms. The molecular formula is C14H10ClFN2O. The summed E-state index contributed by atoms with van der Waals surface area (Å²) < 4.78 is 12.9. The van der Waals surface area contributed by atoms with Crippen LogP contribution in [0.4, 0.5) is 10.2 Å². The smallest absolute Gasteiger partial charge is 0.249 e. The zero-order valence-corrected chi connectivity index (χ0v) is 10.6. The maximum absolute atomic E-state index is 12.9. The van der Waals surface area contributed by atoms with Crippen molar-refractivity contribution in [1.29, 1.82) is 0 Å². The van der Waals surface area contributed by atoms with E-state index in [0.717, 1.165) is 0 Å². The number of anilines is 1. The number of carbonyl (C=O) groups is 1. The average molecular weight is 277 g/mol. The van der Waals surface area contributed by atoms with Crippen LogP contribution < -0.4 is 5.32 Å². The Kier molecular flexibility index (Phi) is 4.26. The highest BCUT2D eigenvalue weighted by Crippen LogP contribution is 2.09. The van der Waals surface area contributed by atoms with E-state index >= 15 is 0 Å². The van der Waals surface area contributed by atoms with Crippen LogP contribution in [-0.4, -0.2) is 10.9 Å². The van der Waals surface area contributed by atoms with E-state index in [1.54, 1.807) is 30.3 Å². The molecule has 1 amide bonds. The van der Waals surface area contributed by atoms with E-state index in [-0.39, 0.29) is 11.7 Å². The number of amides is 1. The Bertz CT molecular complexity index is 628. The zero-order valence-electron chi connectivity index (χ0n) is 9.81. The van der Waals surface area contributed by atoms with Gasteiger partial charge in [-0.15, -0.1) is 0 Å². The molecule has 0 saturated carbocycles. The van der Waals surface area contributed by atoms with Gasteiger partial charge < -0.3 is 5.32 Å². The van der Waals surface area contributed by atoms with Crippen LogP contribution in [0, 0.1) is 5.82 Å². The van der Waals surface area contributed by atoms with Gasteiger partial charge in [-0.25, -0.2) is 9.37 Å². The molecule has 0 unspecified atom stereocenters. The number of rotatable bonds is 3. The number of aromatic nitrogens is 1. The Hall–Kier alpha value is -2.20. The van der Waals surface area contributed by atoms with Crippen molar-refractivity contribution < 1.29 is 9.18 Å². The van der Waals surface area contributed by atoms with Crippen LogP contribution in [0.25, 0.3) is 6.08 Å². The second-order valence-corrected chi connectivity index (χ2v) is 4.11. The predicted molar refractivity (Wildman–Crippen MR) is 73.3 cm³/mol. The van der Waals surface area contributed by atoms with Gasteiger partial charge in [0.1, 0.15) is 16.8 Å². The molecule has 2 rings (SSSR count). The normalized spacial score (nSPS) is 10.6. The van der Waals surface area contributed by atoms with Crippen LogP contribution in [-0.2, 0) is 4.79 Å². The van der Waals surface area contributed by atoms with Crippen LogP contribution in [0.15, 0.2) is 48.5 Å². The summed E-state index contributed by atoms with van der Waals surface area (Å²) >= 11 is 5.70. The fourth-order valence-corrected chi connectivity index (χ4v) is 1.59. The lowest BCUT2D eigenvalue weighted by atomic mass is 10.2. The van der Waals surface area contributed by atoms with Gasteiger partial charge in [-0.3, -0.25) is 4.79 Å². The molecule has 3 nitrogen and oxygen atoms in total. The minimum absolute atomic E-state index is 0.298. The minimum atomic E-state index is -0.362. The number of carbonyl (C=O) groups excluding carboxylic acids is 1. The number of benzene rings is 1. The highest BCUT2D eigenvalue weighted by atomic mass is 35.5. The molecule has 0 bridgehead atoms. The van der Waals surface area contributed by atoms with Crippen molar-refractivity contribution in [2.24, 2.45) is 0 Å². The van der Waals surface area contributed by atoms with Gasteiger partial charge in [0.15, 0.2) is 0 Å². The summed E-state index contributed by atoms with van der Waals surface area (Å²) in [5.41, 5.74) is 0.606. The molecule has 1 N–H and O–H groups in total. The monoisotopic (exact) mass is 276 g/mol. The average Bonchev–Trinajstić information content (AvgIpc) is 2.36. The molecule has 0 aliphatic rings. The largest absolute Gasteiger partial charge is 0.307 e. The molecule has 0 saturated heterocycles. The summed E-state index contributed by atoms with van der Waals surface area (Å²) in [4.78, 5) is 15.5. The Morgan fingerprint density at radius 3 is 2.79 bits per heavy atom. The number of hydrogen-bond acceptors (Lipinski definition) is 2. The molecule has 0 atom stereocenters. The second kappa shape index (κ2) is 6.11.